The molecule has 0 spiro atoms. The lowest BCUT2D eigenvalue weighted by Gasteiger charge is -2.35. The average Bonchev–Trinajstić information content (AvgIpc) is 2.03. The topological polar surface area (TPSA) is 98.7 Å². The smallest absolute Gasteiger partial charge is 0.213 e. The van der Waals surface area contributed by atoms with Crippen LogP contribution in [0.2, 0.25) is 0 Å². The van der Waals surface area contributed by atoms with Crippen molar-refractivity contribution in [3.05, 3.63) is 5.21 Å². The Balaban J connectivity index is 3.75. The van der Waals surface area contributed by atoms with Gasteiger partial charge in [-0.15, -0.1) is 0 Å². The van der Waals surface area contributed by atoms with E-state index in [2.05, 4.69) is 0 Å². The van der Waals surface area contributed by atoms with Crippen LogP contribution in [-0.4, -0.2) is 42.8 Å². The number of carbonyl (C=O) groups excluding carboxylic acids is 1. The van der Waals surface area contributed by atoms with E-state index in [1.807, 2.05) is 0 Å². The Morgan fingerprint density at radius 1 is 1.27 bits per heavy atom. The lowest BCUT2D eigenvalue weighted by atomic mass is 10.5. The summed E-state index contributed by atoms with van der Waals surface area (Å²) in [4.78, 5) is 9.99. The second-order valence-electron chi connectivity index (χ2n) is 1.94. The molecule has 0 saturated carbocycles. The molecule has 0 aliphatic carbocycles. The summed E-state index contributed by atoms with van der Waals surface area (Å²) in [7, 11) is 0. The van der Waals surface area contributed by atoms with Gasteiger partial charge in [-0.3, -0.25) is 4.79 Å². The van der Waals surface area contributed by atoms with E-state index in [4.69, 9.17) is 11.5 Å². The molecule has 0 aliphatic heterocycles. The van der Waals surface area contributed by atoms with Crippen LogP contribution in [0.15, 0.2) is 0 Å². The van der Waals surface area contributed by atoms with Gasteiger partial charge < -0.3 is 21.8 Å². The van der Waals surface area contributed by atoms with Gasteiger partial charge in [0.05, 0.1) is 0 Å². The Morgan fingerprint density at radius 3 is 2.00 bits per heavy atom. The van der Waals surface area contributed by atoms with E-state index < -0.39 is 0 Å². The maximum atomic E-state index is 10.7. The summed E-state index contributed by atoms with van der Waals surface area (Å²) >= 11 is 0. The first-order valence-corrected chi connectivity index (χ1v) is 3.33. The molecule has 0 aliphatic rings. The first-order valence-electron chi connectivity index (χ1n) is 3.33. The Hall–Kier alpha value is -0.690. The molecule has 0 heterocycles. The summed E-state index contributed by atoms with van der Waals surface area (Å²) in [6.07, 6.45) is 0.186. The zero-order valence-electron chi connectivity index (χ0n) is 6.27. The highest BCUT2D eigenvalue weighted by Crippen LogP contribution is 1.89. The number of hydrogen-bond donors (Lipinski definition) is 2. The van der Waals surface area contributed by atoms with Crippen molar-refractivity contribution in [2.45, 2.75) is 0 Å². The van der Waals surface area contributed by atoms with Gasteiger partial charge in [-0.05, 0) is 0 Å². The van der Waals surface area contributed by atoms with Gasteiger partial charge in [-0.1, -0.05) is 0 Å². The van der Waals surface area contributed by atoms with E-state index in [9.17, 15) is 10.0 Å². The molecule has 0 saturated heterocycles. The second-order valence-corrected chi connectivity index (χ2v) is 1.94. The summed E-state index contributed by atoms with van der Waals surface area (Å²) in [6, 6.07) is 0. The summed E-state index contributed by atoms with van der Waals surface area (Å²) in [6.45, 7) is 1.35. The molecule has 0 rings (SSSR count). The summed E-state index contributed by atoms with van der Waals surface area (Å²) in [5.41, 5.74) is 10.4. The molecule has 0 aromatic carbocycles. The highest BCUT2D eigenvalue weighted by Gasteiger charge is 2.01. The van der Waals surface area contributed by atoms with Crippen LogP contribution < -0.4 is 11.5 Å². The van der Waals surface area contributed by atoms with Crippen LogP contribution in [0.4, 0.5) is 0 Å². The molecule has 4 N–H and O–H groups in total. The average molecular weight is 161 g/mol. The zero-order valence-corrected chi connectivity index (χ0v) is 6.27. The predicted octanol–water partition coefficient (Wildman–Crippen LogP) is -1.92. The number of amides is 1. The molecule has 0 atom stereocenters. The highest BCUT2D eigenvalue weighted by molar-refractivity contribution is 5.46. The fourth-order valence-corrected chi connectivity index (χ4v) is 0.674. The zero-order chi connectivity index (χ0) is 8.69. The number of rotatable bonds is 6. The fourth-order valence-electron chi connectivity index (χ4n) is 0.674. The SMILES string of the molecule is NCCN(CCN)N([O-])C=O. The largest absolute Gasteiger partial charge is 0.741 e. The molecule has 0 unspecified atom stereocenters. The van der Waals surface area contributed by atoms with Crippen LogP contribution in [0.3, 0.4) is 0 Å². The Kier molecular flexibility index (Phi) is 5.67. The van der Waals surface area contributed by atoms with Gasteiger partial charge in [0.25, 0.3) is 0 Å². The van der Waals surface area contributed by atoms with Gasteiger partial charge in [0.2, 0.25) is 6.41 Å². The van der Waals surface area contributed by atoms with Gasteiger partial charge in [0.15, 0.2) is 0 Å². The predicted molar refractivity (Wildman–Crippen MR) is 41.0 cm³/mol. The molecule has 6 nitrogen and oxygen atoms in total. The highest BCUT2D eigenvalue weighted by atomic mass is 16.6. The number of nitrogens with zero attached hydrogens (tertiary/aromatic N) is 2. The third-order valence-corrected chi connectivity index (χ3v) is 1.14. The van der Waals surface area contributed by atoms with E-state index in [1.165, 1.54) is 5.01 Å². The van der Waals surface area contributed by atoms with Crippen LogP contribution in [0.25, 0.3) is 0 Å². The van der Waals surface area contributed by atoms with Crippen molar-refractivity contribution in [1.29, 1.82) is 0 Å². The van der Waals surface area contributed by atoms with Crippen LogP contribution in [-0.2, 0) is 4.79 Å². The molecule has 0 aromatic rings. The summed E-state index contributed by atoms with van der Waals surface area (Å²) in [5.74, 6) is 0. The third kappa shape index (κ3) is 3.89. The number of nitrogens with two attached hydrogens (primary N) is 2. The van der Waals surface area contributed by atoms with Crippen molar-refractivity contribution in [3.8, 4) is 0 Å². The lowest BCUT2D eigenvalue weighted by Crippen LogP contribution is -2.43. The first-order chi connectivity index (χ1) is 5.26. The maximum absolute atomic E-state index is 10.7. The van der Waals surface area contributed by atoms with E-state index in [-0.39, 0.29) is 11.6 Å². The maximum Gasteiger partial charge on any atom is 0.213 e. The molecule has 66 valence electrons. The van der Waals surface area contributed by atoms with Crippen LogP contribution in [0, 0.1) is 5.21 Å². The van der Waals surface area contributed by atoms with Crippen molar-refractivity contribution in [2.75, 3.05) is 26.2 Å². The Bertz CT molecular complexity index is 105. The Morgan fingerprint density at radius 2 is 1.73 bits per heavy atom. The quantitative estimate of drug-likeness (QED) is 0.349. The minimum Gasteiger partial charge on any atom is -0.741 e. The van der Waals surface area contributed by atoms with E-state index in [0.29, 0.717) is 26.2 Å². The van der Waals surface area contributed by atoms with Gasteiger partial charge in [0, 0.05) is 26.2 Å². The normalized spacial score (nSPS) is 10.2. The standard InChI is InChI=1S/C5H13N4O2/c6-1-3-8(4-2-7)9(11)5-10/h5H,1-4,6-7H2/q-1. The van der Waals surface area contributed by atoms with Crippen molar-refractivity contribution >= 4 is 6.41 Å². The monoisotopic (exact) mass is 161 g/mol. The minimum absolute atomic E-state index is 0.186. The van der Waals surface area contributed by atoms with Crippen molar-refractivity contribution < 1.29 is 4.79 Å². The van der Waals surface area contributed by atoms with Crippen LogP contribution in [0.5, 0.6) is 0 Å². The molecule has 11 heavy (non-hydrogen) atoms. The van der Waals surface area contributed by atoms with Gasteiger partial charge in [-0.2, -0.15) is 0 Å². The van der Waals surface area contributed by atoms with E-state index in [0.717, 1.165) is 0 Å². The molecule has 0 aromatic heterocycles. The van der Waals surface area contributed by atoms with E-state index >= 15 is 0 Å². The lowest BCUT2D eigenvalue weighted by molar-refractivity contribution is -0.128. The molecule has 0 bridgehead atoms. The number of hydrogen-bond acceptors (Lipinski definition) is 5. The van der Waals surface area contributed by atoms with Crippen molar-refractivity contribution in [1.82, 2.24) is 10.2 Å². The van der Waals surface area contributed by atoms with Crippen molar-refractivity contribution in [2.24, 2.45) is 11.5 Å². The first kappa shape index (κ1) is 10.3. The number of carbonyl (C=O) groups is 1. The van der Waals surface area contributed by atoms with Crippen LogP contribution >= 0.6 is 0 Å². The molecule has 6 heteroatoms. The third-order valence-electron chi connectivity index (χ3n) is 1.14. The molecule has 1 amide bonds. The Labute approximate surface area is 65.3 Å². The van der Waals surface area contributed by atoms with Gasteiger partial charge in [0.1, 0.15) is 0 Å². The molecule has 0 fully saturated rings. The molecular weight excluding hydrogens is 148 g/mol. The van der Waals surface area contributed by atoms with E-state index in [1.54, 1.807) is 0 Å². The summed E-state index contributed by atoms with van der Waals surface area (Å²) < 4.78 is 0. The minimum atomic E-state index is 0.186. The number of hydrazine groups is 1. The fraction of sp³-hybridized carbons (Fsp3) is 0.800. The summed E-state index contributed by atoms with van der Waals surface area (Å²) in [5, 5.41) is 12.1. The van der Waals surface area contributed by atoms with Crippen LogP contribution in [0.1, 0.15) is 0 Å². The number of hydroxylamine groups is 1. The van der Waals surface area contributed by atoms with Crippen molar-refractivity contribution in [3.63, 3.8) is 0 Å². The van der Waals surface area contributed by atoms with Gasteiger partial charge >= 0.3 is 0 Å². The van der Waals surface area contributed by atoms with Gasteiger partial charge in [-0.25, -0.2) is 5.01 Å². The molecule has 0 radical (unpaired) electrons. The molecular formula is C5H13N4O2-. The second kappa shape index (κ2) is 6.05.